The maximum absolute atomic E-state index is 4.51. The summed E-state index contributed by atoms with van der Waals surface area (Å²) >= 11 is 1.79. The number of hydrogen-bond donors (Lipinski definition) is 0. The monoisotopic (exact) mass is 177 g/mol. The van der Waals surface area contributed by atoms with Crippen LogP contribution in [0.4, 0.5) is 0 Å². The van der Waals surface area contributed by atoms with E-state index in [9.17, 15) is 0 Å². The van der Waals surface area contributed by atoms with E-state index in [-0.39, 0.29) is 0 Å². The summed E-state index contributed by atoms with van der Waals surface area (Å²) in [6, 6.07) is 2.14. The standard InChI is InChI=1S/C10H11NS/c1-6-4-8(3)11-9-7(2)5-12-10(6)9/h4-5H,1-3H3. The van der Waals surface area contributed by atoms with Gasteiger partial charge in [0, 0.05) is 5.69 Å². The Bertz CT molecular complexity index is 429. The molecule has 62 valence electrons. The molecular formula is C10H11NS. The normalized spacial score (nSPS) is 10.9. The quantitative estimate of drug-likeness (QED) is 0.602. The molecule has 0 aliphatic rings. The van der Waals surface area contributed by atoms with Gasteiger partial charge in [0.2, 0.25) is 0 Å². The minimum absolute atomic E-state index is 1.11. The van der Waals surface area contributed by atoms with Crippen molar-refractivity contribution in [3.05, 3.63) is 28.3 Å². The van der Waals surface area contributed by atoms with Gasteiger partial charge >= 0.3 is 0 Å². The van der Waals surface area contributed by atoms with Gasteiger partial charge in [-0.15, -0.1) is 11.3 Å². The third-order valence-electron chi connectivity index (χ3n) is 2.01. The van der Waals surface area contributed by atoms with E-state index in [4.69, 9.17) is 0 Å². The Balaban J connectivity index is 2.92. The van der Waals surface area contributed by atoms with Crippen LogP contribution in [0.2, 0.25) is 0 Å². The molecule has 12 heavy (non-hydrogen) atoms. The molecule has 2 aromatic rings. The van der Waals surface area contributed by atoms with Crippen molar-refractivity contribution in [1.82, 2.24) is 4.98 Å². The largest absolute Gasteiger partial charge is 0.252 e. The van der Waals surface area contributed by atoms with Crippen LogP contribution in [-0.4, -0.2) is 4.98 Å². The van der Waals surface area contributed by atoms with Crippen LogP contribution in [0, 0.1) is 20.8 Å². The highest BCUT2D eigenvalue weighted by molar-refractivity contribution is 7.17. The summed E-state index contributed by atoms with van der Waals surface area (Å²) in [6.07, 6.45) is 0. The second-order valence-corrected chi connectivity index (χ2v) is 4.06. The Morgan fingerprint density at radius 2 is 1.92 bits per heavy atom. The number of aryl methyl sites for hydroxylation is 3. The number of hydrogen-bond acceptors (Lipinski definition) is 2. The molecule has 0 amide bonds. The van der Waals surface area contributed by atoms with Gasteiger partial charge in [-0.3, -0.25) is 4.98 Å². The summed E-state index contributed by atoms with van der Waals surface area (Å²) in [4.78, 5) is 4.51. The van der Waals surface area contributed by atoms with E-state index < -0.39 is 0 Å². The summed E-state index contributed by atoms with van der Waals surface area (Å²) in [5.74, 6) is 0. The van der Waals surface area contributed by atoms with Crippen LogP contribution in [0.5, 0.6) is 0 Å². The molecule has 2 rings (SSSR count). The summed E-state index contributed by atoms with van der Waals surface area (Å²) in [5.41, 5.74) is 4.93. The van der Waals surface area contributed by atoms with Gasteiger partial charge in [-0.1, -0.05) is 0 Å². The molecule has 0 N–H and O–H groups in total. The third kappa shape index (κ3) is 1.03. The lowest BCUT2D eigenvalue weighted by molar-refractivity contribution is 1.23. The van der Waals surface area contributed by atoms with Gasteiger partial charge in [-0.05, 0) is 43.3 Å². The van der Waals surface area contributed by atoms with Gasteiger partial charge in [0.25, 0.3) is 0 Å². The van der Waals surface area contributed by atoms with E-state index >= 15 is 0 Å². The van der Waals surface area contributed by atoms with Gasteiger partial charge < -0.3 is 0 Å². The molecule has 0 saturated heterocycles. The second-order valence-electron chi connectivity index (χ2n) is 3.18. The molecule has 0 bridgehead atoms. The van der Waals surface area contributed by atoms with E-state index in [1.54, 1.807) is 11.3 Å². The fourth-order valence-corrected chi connectivity index (χ4v) is 2.41. The molecule has 0 aliphatic heterocycles. The highest BCUT2D eigenvalue weighted by Crippen LogP contribution is 2.26. The summed E-state index contributed by atoms with van der Waals surface area (Å²) in [5, 5.41) is 2.17. The third-order valence-corrected chi connectivity index (χ3v) is 3.24. The Hall–Kier alpha value is -0.890. The van der Waals surface area contributed by atoms with Gasteiger partial charge in [-0.25, -0.2) is 0 Å². The molecule has 0 aromatic carbocycles. The average Bonchev–Trinajstić information content (AvgIpc) is 2.33. The first-order valence-electron chi connectivity index (χ1n) is 4.00. The Morgan fingerprint density at radius 3 is 2.67 bits per heavy atom. The van der Waals surface area contributed by atoms with Crippen molar-refractivity contribution in [2.75, 3.05) is 0 Å². The number of rotatable bonds is 0. The zero-order valence-corrected chi connectivity index (χ0v) is 8.33. The molecule has 2 heterocycles. The molecule has 1 nitrogen and oxygen atoms in total. The SMILES string of the molecule is Cc1cc(C)c2scc(C)c2n1. The van der Waals surface area contributed by atoms with Crippen LogP contribution < -0.4 is 0 Å². The first-order chi connectivity index (χ1) is 5.68. The smallest absolute Gasteiger partial charge is 0.0844 e. The maximum Gasteiger partial charge on any atom is 0.0844 e. The number of nitrogens with zero attached hydrogens (tertiary/aromatic N) is 1. The topological polar surface area (TPSA) is 12.9 Å². The Labute approximate surface area is 76.1 Å². The lowest BCUT2D eigenvalue weighted by Gasteiger charge is -1.97. The first-order valence-corrected chi connectivity index (χ1v) is 4.88. The summed E-state index contributed by atoms with van der Waals surface area (Å²) in [7, 11) is 0. The molecule has 2 aromatic heterocycles. The molecule has 0 spiro atoms. The number of fused-ring (bicyclic) bond motifs is 1. The lowest BCUT2D eigenvalue weighted by Crippen LogP contribution is -1.84. The van der Waals surface area contributed by atoms with Crippen molar-refractivity contribution < 1.29 is 0 Å². The molecule has 0 fully saturated rings. The van der Waals surface area contributed by atoms with Crippen molar-refractivity contribution in [3.8, 4) is 0 Å². The highest BCUT2D eigenvalue weighted by Gasteiger charge is 2.04. The molecule has 0 atom stereocenters. The first kappa shape index (κ1) is 7.74. The number of pyridine rings is 1. The van der Waals surface area contributed by atoms with Crippen molar-refractivity contribution in [2.24, 2.45) is 0 Å². The van der Waals surface area contributed by atoms with E-state index in [0.717, 1.165) is 5.69 Å². The van der Waals surface area contributed by atoms with Crippen LogP contribution in [0.15, 0.2) is 11.4 Å². The fraction of sp³-hybridized carbons (Fsp3) is 0.300. The van der Waals surface area contributed by atoms with Crippen LogP contribution in [0.1, 0.15) is 16.8 Å². The minimum atomic E-state index is 1.11. The molecule has 0 radical (unpaired) electrons. The predicted molar refractivity (Wildman–Crippen MR) is 53.8 cm³/mol. The Kier molecular flexibility index (Phi) is 1.65. The zero-order valence-electron chi connectivity index (χ0n) is 7.51. The van der Waals surface area contributed by atoms with Crippen LogP contribution in [0.3, 0.4) is 0 Å². The van der Waals surface area contributed by atoms with Crippen molar-refractivity contribution in [3.63, 3.8) is 0 Å². The van der Waals surface area contributed by atoms with E-state index in [0.29, 0.717) is 0 Å². The fourth-order valence-electron chi connectivity index (χ4n) is 1.44. The highest BCUT2D eigenvalue weighted by atomic mass is 32.1. The van der Waals surface area contributed by atoms with E-state index in [1.165, 1.54) is 21.3 Å². The van der Waals surface area contributed by atoms with Crippen molar-refractivity contribution in [1.29, 1.82) is 0 Å². The van der Waals surface area contributed by atoms with Crippen LogP contribution in [0.25, 0.3) is 10.2 Å². The molecular weight excluding hydrogens is 166 g/mol. The van der Waals surface area contributed by atoms with Crippen molar-refractivity contribution in [2.45, 2.75) is 20.8 Å². The van der Waals surface area contributed by atoms with Gasteiger partial charge in [0.1, 0.15) is 0 Å². The van der Waals surface area contributed by atoms with Crippen molar-refractivity contribution >= 4 is 21.6 Å². The molecule has 0 saturated carbocycles. The molecule has 0 unspecified atom stereocenters. The summed E-state index contributed by atoms with van der Waals surface area (Å²) < 4.78 is 1.33. The average molecular weight is 177 g/mol. The van der Waals surface area contributed by atoms with Gasteiger partial charge in [0.05, 0.1) is 10.2 Å². The summed E-state index contributed by atoms with van der Waals surface area (Å²) in [6.45, 7) is 6.31. The Morgan fingerprint density at radius 1 is 1.17 bits per heavy atom. The lowest BCUT2D eigenvalue weighted by atomic mass is 10.2. The van der Waals surface area contributed by atoms with E-state index in [1.807, 2.05) is 6.92 Å². The zero-order chi connectivity index (χ0) is 8.72. The van der Waals surface area contributed by atoms with Crippen LogP contribution >= 0.6 is 11.3 Å². The maximum atomic E-state index is 4.51. The second kappa shape index (κ2) is 2.56. The predicted octanol–water partition coefficient (Wildman–Crippen LogP) is 3.22. The number of thiophene rings is 1. The molecule has 2 heteroatoms. The van der Waals surface area contributed by atoms with Crippen LogP contribution in [-0.2, 0) is 0 Å². The van der Waals surface area contributed by atoms with Gasteiger partial charge in [-0.2, -0.15) is 0 Å². The van der Waals surface area contributed by atoms with E-state index in [2.05, 4.69) is 30.3 Å². The molecule has 0 aliphatic carbocycles. The number of aromatic nitrogens is 1. The van der Waals surface area contributed by atoms with Gasteiger partial charge in [0.15, 0.2) is 0 Å². The minimum Gasteiger partial charge on any atom is -0.252 e.